The predicted molar refractivity (Wildman–Crippen MR) is 101 cm³/mol. The Morgan fingerprint density at radius 1 is 1.25 bits per heavy atom. The molecule has 3 aromatic rings. The molecule has 0 atom stereocenters. The standard InChI is InChI=1S/C19H19N5O4/c1-12(2)16-17(21-19(22-18(16)28)23-8-7-20-10-23)13-3-5-14(6-4-13)24(11-25)9-15(26)27/h3-8,10-12H,9H2,1-2H3,(H,26,27)(H,21,22,28). The number of carbonyl (C=O) groups is 2. The fourth-order valence-electron chi connectivity index (χ4n) is 2.84. The summed E-state index contributed by atoms with van der Waals surface area (Å²) in [5.74, 6) is -0.985. The summed E-state index contributed by atoms with van der Waals surface area (Å²) in [5.41, 5.74) is 2.29. The van der Waals surface area contributed by atoms with Crippen LogP contribution in [-0.4, -0.2) is 48.7 Å². The van der Waals surface area contributed by atoms with E-state index in [1.54, 1.807) is 41.2 Å². The third-order valence-electron chi connectivity index (χ3n) is 4.13. The number of amides is 1. The number of hydrogen-bond acceptors (Lipinski definition) is 6. The molecule has 1 amide bonds. The van der Waals surface area contributed by atoms with Crippen LogP contribution in [0.15, 0.2) is 43.0 Å². The minimum Gasteiger partial charge on any atom is -0.493 e. The fourth-order valence-corrected chi connectivity index (χ4v) is 2.84. The van der Waals surface area contributed by atoms with Gasteiger partial charge in [-0.05, 0) is 18.1 Å². The maximum atomic E-state index is 11.2. The first-order valence-electron chi connectivity index (χ1n) is 8.54. The quantitative estimate of drug-likeness (QED) is 0.602. The third kappa shape index (κ3) is 3.83. The van der Waals surface area contributed by atoms with Gasteiger partial charge >= 0.3 is 5.97 Å². The smallest absolute Gasteiger partial charge is 0.323 e. The number of carboxylic acids is 1. The zero-order chi connectivity index (χ0) is 20.3. The molecule has 0 saturated carbocycles. The predicted octanol–water partition coefficient (Wildman–Crippen LogP) is 2.21. The molecular formula is C19H19N5O4. The summed E-state index contributed by atoms with van der Waals surface area (Å²) in [4.78, 5) is 35.8. The number of carbonyl (C=O) groups excluding carboxylic acids is 1. The molecule has 0 aliphatic carbocycles. The summed E-state index contributed by atoms with van der Waals surface area (Å²) in [6, 6.07) is 6.71. The van der Waals surface area contributed by atoms with Crippen molar-refractivity contribution in [1.82, 2.24) is 19.5 Å². The molecule has 2 aromatic heterocycles. The number of aromatic nitrogens is 4. The molecule has 0 saturated heterocycles. The van der Waals surface area contributed by atoms with Crippen LogP contribution in [0.2, 0.25) is 0 Å². The molecule has 28 heavy (non-hydrogen) atoms. The second-order valence-electron chi connectivity index (χ2n) is 6.41. The third-order valence-corrected chi connectivity index (χ3v) is 4.13. The van der Waals surface area contributed by atoms with Crippen molar-refractivity contribution in [2.75, 3.05) is 11.4 Å². The highest BCUT2D eigenvalue weighted by atomic mass is 16.4. The summed E-state index contributed by atoms with van der Waals surface area (Å²) in [6.07, 6.45) is 5.26. The minimum absolute atomic E-state index is 0.0370. The molecule has 0 bridgehead atoms. The van der Waals surface area contributed by atoms with Gasteiger partial charge in [0.25, 0.3) is 0 Å². The summed E-state index contributed by atoms with van der Waals surface area (Å²) >= 11 is 0. The number of anilines is 1. The van der Waals surface area contributed by atoms with Crippen molar-refractivity contribution >= 4 is 18.1 Å². The molecule has 0 unspecified atom stereocenters. The van der Waals surface area contributed by atoms with Crippen molar-refractivity contribution < 1.29 is 19.8 Å². The van der Waals surface area contributed by atoms with Gasteiger partial charge in [0, 0.05) is 29.2 Å². The molecular weight excluding hydrogens is 362 g/mol. The Kier molecular flexibility index (Phi) is 5.35. The molecule has 2 N–H and O–H groups in total. The second-order valence-corrected chi connectivity index (χ2v) is 6.41. The van der Waals surface area contributed by atoms with Gasteiger partial charge < -0.3 is 15.1 Å². The zero-order valence-electron chi connectivity index (χ0n) is 15.4. The van der Waals surface area contributed by atoms with Crippen molar-refractivity contribution in [3.63, 3.8) is 0 Å². The van der Waals surface area contributed by atoms with E-state index in [0.29, 0.717) is 28.9 Å². The number of imidazole rings is 1. The Hall–Kier alpha value is -3.75. The van der Waals surface area contributed by atoms with Crippen LogP contribution in [0, 0.1) is 0 Å². The topological polar surface area (TPSA) is 121 Å². The molecule has 0 aliphatic heterocycles. The van der Waals surface area contributed by atoms with Crippen LogP contribution in [0.5, 0.6) is 5.88 Å². The van der Waals surface area contributed by atoms with Gasteiger partial charge in [0.15, 0.2) is 0 Å². The number of hydrogen-bond donors (Lipinski definition) is 2. The van der Waals surface area contributed by atoms with Gasteiger partial charge in [-0.1, -0.05) is 26.0 Å². The highest BCUT2D eigenvalue weighted by Gasteiger charge is 2.19. The van der Waals surface area contributed by atoms with Crippen LogP contribution >= 0.6 is 0 Å². The van der Waals surface area contributed by atoms with Crippen molar-refractivity contribution in [3.05, 3.63) is 48.5 Å². The van der Waals surface area contributed by atoms with Gasteiger partial charge in [-0.3, -0.25) is 14.2 Å². The van der Waals surface area contributed by atoms with Gasteiger partial charge in [0.2, 0.25) is 18.2 Å². The van der Waals surface area contributed by atoms with Gasteiger partial charge in [-0.25, -0.2) is 9.97 Å². The van der Waals surface area contributed by atoms with Crippen LogP contribution in [-0.2, 0) is 9.59 Å². The molecule has 9 nitrogen and oxygen atoms in total. The normalized spacial score (nSPS) is 10.8. The largest absolute Gasteiger partial charge is 0.493 e. The number of nitrogens with zero attached hydrogens (tertiary/aromatic N) is 5. The molecule has 144 valence electrons. The number of rotatable bonds is 7. The van der Waals surface area contributed by atoms with Gasteiger partial charge in [-0.15, -0.1) is 0 Å². The summed E-state index contributed by atoms with van der Waals surface area (Å²) in [5, 5.41) is 19.4. The van der Waals surface area contributed by atoms with E-state index < -0.39 is 12.5 Å². The minimum atomic E-state index is -1.11. The van der Waals surface area contributed by atoms with Crippen LogP contribution in [0.1, 0.15) is 25.3 Å². The lowest BCUT2D eigenvalue weighted by Crippen LogP contribution is -2.27. The Bertz CT molecular complexity index is 984. The molecule has 0 spiro atoms. The Balaban J connectivity index is 2.06. The molecule has 9 heteroatoms. The van der Waals surface area contributed by atoms with E-state index in [4.69, 9.17) is 5.11 Å². The molecule has 1 aromatic carbocycles. The van der Waals surface area contributed by atoms with Crippen LogP contribution < -0.4 is 4.90 Å². The second kappa shape index (κ2) is 7.87. The van der Waals surface area contributed by atoms with Gasteiger partial charge in [0.1, 0.15) is 12.9 Å². The van der Waals surface area contributed by atoms with E-state index in [2.05, 4.69) is 15.0 Å². The first-order valence-corrected chi connectivity index (χ1v) is 8.54. The first-order chi connectivity index (χ1) is 13.4. The fraction of sp³-hybridized carbons (Fsp3) is 0.211. The summed E-state index contributed by atoms with van der Waals surface area (Å²) < 4.78 is 1.59. The molecule has 0 aliphatic rings. The van der Waals surface area contributed by atoms with E-state index in [9.17, 15) is 14.7 Å². The number of carboxylic acid groups (broad SMARTS) is 1. The van der Waals surface area contributed by atoms with Crippen LogP contribution in [0.3, 0.4) is 0 Å². The number of aliphatic carboxylic acids is 1. The average molecular weight is 381 g/mol. The van der Waals surface area contributed by atoms with E-state index in [1.807, 2.05) is 13.8 Å². The van der Waals surface area contributed by atoms with E-state index in [0.717, 1.165) is 4.90 Å². The number of aromatic hydroxyl groups is 1. The lowest BCUT2D eigenvalue weighted by molar-refractivity contribution is -0.136. The SMILES string of the molecule is CC(C)c1c(O)nc(-n2ccnc2)nc1-c1ccc(N(C=O)CC(=O)O)cc1. The molecule has 0 fully saturated rings. The number of benzene rings is 1. The highest BCUT2D eigenvalue weighted by Crippen LogP contribution is 2.34. The summed E-state index contributed by atoms with van der Waals surface area (Å²) in [6.45, 7) is 3.42. The highest BCUT2D eigenvalue weighted by molar-refractivity contribution is 5.85. The Morgan fingerprint density at radius 2 is 1.96 bits per heavy atom. The van der Waals surface area contributed by atoms with E-state index >= 15 is 0 Å². The maximum Gasteiger partial charge on any atom is 0.323 e. The van der Waals surface area contributed by atoms with Crippen molar-refractivity contribution in [1.29, 1.82) is 0 Å². The zero-order valence-corrected chi connectivity index (χ0v) is 15.4. The summed E-state index contributed by atoms with van der Waals surface area (Å²) in [7, 11) is 0. The average Bonchev–Trinajstić information content (AvgIpc) is 3.20. The Labute approximate surface area is 160 Å². The monoisotopic (exact) mass is 381 g/mol. The van der Waals surface area contributed by atoms with Crippen molar-refractivity contribution in [2.24, 2.45) is 0 Å². The van der Waals surface area contributed by atoms with Crippen molar-refractivity contribution in [2.45, 2.75) is 19.8 Å². The van der Waals surface area contributed by atoms with Crippen LogP contribution in [0.4, 0.5) is 5.69 Å². The maximum absolute atomic E-state index is 11.2. The first kappa shape index (κ1) is 19.0. The lowest BCUT2D eigenvalue weighted by Gasteiger charge is -2.17. The van der Waals surface area contributed by atoms with Crippen molar-refractivity contribution in [3.8, 4) is 23.1 Å². The van der Waals surface area contributed by atoms with E-state index in [1.165, 1.54) is 6.33 Å². The van der Waals surface area contributed by atoms with E-state index in [-0.39, 0.29) is 17.7 Å². The van der Waals surface area contributed by atoms with Crippen LogP contribution in [0.25, 0.3) is 17.2 Å². The van der Waals surface area contributed by atoms with Gasteiger partial charge in [0.05, 0.1) is 5.69 Å². The van der Waals surface area contributed by atoms with Gasteiger partial charge in [-0.2, -0.15) is 4.98 Å². The molecule has 3 rings (SSSR count). The molecule has 2 heterocycles. The Morgan fingerprint density at radius 3 is 2.50 bits per heavy atom. The molecule has 0 radical (unpaired) electrons. The lowest BCUT2D eigenvalue weighted by atomic mass is 9.98.